The van der Waals surface area contributed by atoms with Crippen molar-refractivity contribution in [1.29, 1.82) is 0 Å². The topological polar surface area (TPSA) is 61.7 Å². The average Bonchev–Trinajstić information content (AvgIpc) is 3.36. The molecule has 7 heteroatoms. The van der Waals surface area contributed by atoms with Gasteiger partial charge in [-0.05, 0) is 61.4 Å². The summed E-state index contributed by atoms with van der Waals surface area (Å²) in [6.07, 6.45) is 5.54. The molecule has 1 aromatic heterocycles. The zero-order valence-electron chi connectivity index (χ0n) is 19.2. The molecule has 2 aliphatic rings. The van der Waals surface area contributed by atoms with E-state index < -0.39 is 0 Å². The maximum Gasteiger partial charge on any atom is 0.148 e. The average molecular weight is 465 g/mol. The molecule has 2 fully saturated rings. The first kappa shape index (κ1) is 22.5. The standard InChI is InChI=1S/C26H32N4O2S/c1-19-2-10-23(11-3-19)29-14-16-30(17-15-29)24-12-8-22(9-13-24)26-28-27-25(33-26)21-6-4-20(5-7-21)18-32-31/h4-9,12-13,19,23,31H,2-3,10-11,14-18H2,1H3. The Morgan fingerprint density at radius 2 is 1.42 bits per heavy atom. The van der Waals surface area contributed by atoms with E-state index in [1.54, 1.807) is 11.3 Å². The zero-order valence-corrected chi connectivity index (χ0v) is 20.0. The van der Waals surface area contributed by atoms with Crippen molar-refractivity contribution in [2.75, 3.05) is 31.1 Å². The van der Waals surface area contributed by atoms with Gasteiger partial charge in [0.05, 0.1) is 0 Å². The van der Waals surface area contributed by atoms with E-state index in [1.165, 1.54) is 44.5 Å². The highest BCUT2D eigenvalue weighted by molar-refractivity contribution is 7.17. The molecule has 0 bridgehead atoms. The quantitative estimate of drug-likeness (QED) is 0.381. The number of anilines is 1. The Labute approximate surface area is 199 Å². The molecule has 174 valence electrons. The first-order chi connectivity index (χ1) is 16.2. The highest BCUT2D eigenvalue weighted by Gasteiger charge is 2.27. The number of rotatable bonds is 6. The van der Waals surface area contributed by atoms with Gasteiger partial charge >= 0.3 is 0 Å². The summed E-state index contributed by atoms with van der Waals surface area (Å²) in [6, 6.07) is 17.4. The van der Waals surface area contributed by atoms with E-state index in [4.69, 9.17) is 5.26 Å². The fourth-order valence-corrected chi connectivity index (χ4v) is 5.90. The Balaban J connectivity index is 1.19. The van der Waals surface area contributed by atoms with Gasteiger partial charge in [0.15, 0.2) is 0 Å². The molecule has 1 N–H and O–H groups in total. The minimum atomic E-state index is 0.183. The van der Waals surface area contributed by atoms with Crippen LogP contribution < -0.4 is 4.90 Å². The van der Waals surface area contributed by atoms with Crippen LogP contribution in [-0.2, 0) is 11.5 Å². The third kappa shape index (κ3) is 5.27. The lowest BCUT2D eigenvalue weighted by Crippen LogP contribution is -2.51. The number of nitrogens with zero attached hydrogens (tertiary/aromatic N) is 4. The van der Waals surface area contributed by atoms with Crippen LogP contribution in [0.1, 0.15) is 38.2 Å². The summed E-state index contributed by atoms with van der Waals surface area (Å²) in [4.78, 5) is 9.43. The number of benzene rings is 2. The molecule has 2 heterocycles. The van der Waals surface area contributed by atoms with E-state index in [9.17, 15) is 0 Å². The third-order valence-corrected chi connectivity index (χ3v) is 8.17. The Morgan fingerprint density at radius 1 is 0.848 bits per heavy atom. The largest absolute Gasteiger partial charge is 0.369 e. The van der Waals surface area contributed by atoms with Crippen LogP contribution >= 0.6 is 11.3 Å². The smallest absolute Gasteiger partial charge is 0.148 e. The van der Waals surface area contributed by atoms with E-state index in [-0.39, 0.29) is 6.61 Å². The van der Waals surface area contributed by atoms with Crippen molar-refractivity contribution in [2.45, 2.75) is 45.3 Å². The normalized spacial score (nSPS) is 21.9. The molecule has 6 nitrogen and oxygen atoms in total. The van der Waals surface area contributed by atoms with Crippen molar-refractivity contribution in [3.63, 3.8) is 0 Å². The molecular formula is C26H32N4O2S. The minimum absolute atomic E-state index is 0.183. The lowest BCUT2D eigenvalue weighted by atomic mass is 9.86. The number of hydrogen-bond donors (Lipinski definition) is 1. The van der Waals surface area contributed by atoms with E-state index in [2.05, 4.69) is 56.1 Å². The van der Waals surface area contributed by atoms with Crippen molar-refractivity contribution in [3.8, 4) is 21.1 Å². The monoisotopic (exact) mass is 464 g/mol. The summed E-state index contributed by atoms with van der Waals surface area (Å²) >= 11 is 1.59. The van der Waals surface area contributed by atoms with Crippen LogP contribution in [-0.4, -0.2) is 52.6 Å². The highest BCUT2D eigenvalue weighted by Crippen LogP contribution is 2.32. The zero-order chi connectivity index (χ0) is 22.6. The maximum atomic E-state index is 8.59. The van der Waals surface area contributed by atoms with Crippen LogP contribution in [0, 0.1) is 5.92 Å². The van der Waals surface area contributed by atoms with Gasteiger partial charge in [-0.25, -0.2) is 4.89 Å². The summed E-state index contributed by atoms with van der Waals surface area (Å²) in [7, 11) is 0. The maximum absolute atomic E-state index is 8.59. The molecule has 2 aromatic carbocycles. The number of hydrogen-bond acceptors (Lipinski definition) is 7. The first-order valence-corrected chi connectivity index (χ1v) is 12.8. The molecule has 5 rings (SSSR count). The molecule has 0 spiro atoms. The SMILES string of the molecule is CC1CCC(N2CCN(c3ccc(-c4nnc(-c5ccc(COO)cc5)s4)cc3)CC2)CC1. The van der Waals surface area contributed by atoms with Crippen molar-refractivity contribution >= 4 is 17.0 Å². The van der Waals surface area contributed by atoms with Crippen LogP contribution in [0.4, 0.5) is 5.69 Å². The molecule has 1 saturated carbocycles. The molecule has 1 saturated heterocycles. The van der Waals surface area contributed by atoms with Gasteiger partial charge in [-0.15, -0.1) is 10.2 Å². The van der Waals surface area contributed by atoms with Crippen molar-refractivity contribution in [3.05, 3.63) is 54.1 Å². The van der Waals surface area contributed by atoms with Crippen LogP contribution in [0.15, 0.2) is 48.5 Å². The van der Waals surface area contributed by atoms with E-state index in [1.807, 2.05) is 24.3 Å². The Morgan fingerprint density at radius 3 is 2.00 bits per heavy atom. The van der Waals surface area contributed by atoms with Crippen LogP contribution in [0.2, 0.25) is 0 Å². The molecule has 0 amide bonds. The number of piperazine rings is 1. The van der Waals surface area contributed by atoms with Crippen LogP contribution in [0.25, 0.3) is 21.1 Å². The fraction of sp³-hybridized carbons (Fsp3) is 0.462. The van der Waals surface area contributed by atoms with Gasteiger partial charge in [0.1, 0.15) is 16.6 Å². The lowest BCUT2D eigenvalue weighted by molar-refractivity contribution is -0.253. The summed E-state index contributed by atoms with van der Waals surface area (Å²) in [5, 5.41) is 19.2. The highest BCUT2D eigenvalue weighted by atomic mass is 32.1. The molecule has 0 radical (unpaired) electrons. The lowest BCUT2D eigenvalue weighted by Gasteiger charge is -2.42. The van der Waals surface area contributed by atoms with Crippen molar-refractivity contribution in [1.82, 2.24) is 15.1 Å². The van der Waals surface area contributed by atoms with Gasteiger partial charge < -0.3 is 4.90 Å². The van der Waals surface area contributed by atoms with Gasteiger partial charge in [-0.1, -0.05) is 42.5 Å². The molecule has 0 unspecified atom stereocenters. The summed E-state index contributed by atoms with van der Waals surface area (Å²) < 4.78 is 0. The van der Waals surface area contributed by atoms with Crippen LogP contribution in [0.3, 0.4) is 0 Å². The van der Waals surface area contributed by atoms with Gasteiger partial charge in [-0.3, -0.25) is 10.2 Å². The Kier molecular flexibility index (Phi) is 7.02. The van der Waals surface area contributed by atoms with Gasteiger partial charge in [-0.2, -0.15) is 0 Å². The van der Waals surface area contributed by atoms with Crippen molar-refractivity contribution in [2.24, 2.45) is 5.92 Å². The van der Waals surface area contributed by atoms with Crippen molar-refractivity contribution < 1.29 is 10.1 Å². The first-order valence-electron chi connectivity index (χ1n) is 12.0. The summed E-state index contributed by atoms with van der Waals surface area (Å²) in [5.74, 6) is 0.915. The second-order valence-corrected chi connectivity index (χ2v) is 10.3. The Hall–Kier alpha value is -2.32. The van der Waals surface area contributed by atoms with Crippen LogP contribution in [0.5, 0.6) is 0 Å². The molecule has 1 aliphatic carbocycles. The van der Waals surface area contributed by atoms with E-state index in [0.717, 1.165) is 51.8 Å². The van der Waals surface area contributed by atoms with E-state index >= 15 is 0 Å². The summed E-state index contributed by atoms with van der Waals surface area (Å²) in [6.45, 7) is 7.13. The second kappa shape index (κ2) is 10.3. The third-order valence-electron chi connectivity index (χ3n) is 7.15. The van der Waals surface area contributed by atoms with Gasteiger partial charge in [0.25, 0.3) is 0 Å². The molecule has 33 heavy (non-hydrogen) atoms. The predicted octanol–water partition coefficient (Wildman–Crippen LogP) is 5.56. The predicted molar refractivity (Wildman–Crippen MR) is 133 cm³/mol. The molecule has 3 aromatic rings. The van der Waals surface area contributed by atoms with Gasteiger partial charge in [0, 0.05) is 49.0 Å². The molecule has 1 aliphatic heterocycles. The summed E-state index contributed by atoms with van der Waals surface area (Å²) in [5.41, 5.74) is 4.32. The number of aromatic nitrogens is 2. The Bertz CT molecular complexity index is 1020. The molecular weight excluding hydrogens is 432 g/mol. The molecule has 0 atom stereocenters. The fourth-order valence-electron chi connectivity index (χ4n) is 5.04. The minimum Gasteiger partial charge on any atom is -0.369 e. The van der Waals surface area contributed by atoms with E-state index in [0.29, 0.717) is 0 Å². The van der Waals surface area contributed by atoms with Gasteiger partial charge in [0.2, 0.25) is 0 Å². The second-order valence-electron chi connectivity index (χ2n) is 9.37.